The largest absolute Gasteiger partial charge is 0.207 e. The Hall–Kier alpha value is -0.370. The van der Waals surface area contributed by atoms with Crippen molar-refractivity contribution in [2.45, 2.75) is 6.92 Å². The first-order chi connectivity index (χ1) is 4.61. The zero-order chi connectivity index (χ0) is 7.72. The highest BCUT2D eigenvalue weighted by atomic mass is 79.9. The molecule has 10 heavy (non-hydrogen) atoms. The fourth-order valence-corrected chi connectivity index (χ4v) is 1.03. The quantitative estimate of drug-likeness (QED) is 0.606. The van der Waals surface area contributed by atoms with Gasteiger partial charge in [-0.25, -0.2) is 4.39 Å². The van der Waals surface area contributed by atoms with Crippen molar-refractivity contribution in [2.75, 3.05) is 0 Å². The molecule has 0 unspecified atom stereocenters. The zero-order valence-electron chi connectivity index (χ0n) is 5.62. The van der Waals surface area contributed by atoms with E-state index in [0.29, 0.717) is 5.56 Å². The Balaban J connectivity index is 3.28. The summed E-state index contributed by atoms with van der Waals surface area (Å²) in [5, 5.41) is 0. The van der Waals surface area contributed by atoms with Gasteiger partial charge in [0.25, 0.3) is 0 Å². The van der Waals surface area contributed by atoms with Crippen molar-refractivity contribution in [2.24, 2.45) is 0 Å². The molecule has 0 fully saturated rings. The fourth-order valence-electron chi connectivity index (χ4n) is 0.717. The van der Waals surface area contributed by atoms with Gasteiger partial charge in [-0.1, -0.05) is 22.0 Å². The summed E-state index contributed by atoms with van der Waals surface area (Å²) >= 11 is 3.21. The number of halogens is 2. The van der Waals surface area contributed by atoms with Crippen LogP contribution in [0.1, 0.15) is 11.1 Å². The molecule has 2 heteroatoms. The monoisotopic (exact) mass is 201 g/mol. The highest BCUT2D eigenvalue weighted by Crippen LogP contribution is 2.19. The highest BCUT2D eigenvalue weighted by Gasteiger charge is 1.99. The van der Waals surface area contributed by atoms with Crippen LogP contribution in [-0.2, 0) is 0 Å². The summed E-state index contributed by atoms with van der Waals surface area (Å²) in [4.78, 5) is 0. The van der Waals surface area contributed by atoms with E-state index in [9.17, 15) is 4.39 Å². The van der Waals surface area contributed by atoms with E-state index < -0.39 is 0 Å². The molecule has 0 spiro atoms. The Morgan fingerprint density at radius 2 is 2.10 bits per heavy atom. The third-order valence-electron chi connectivity index (χ3n) is 1.33. The SMILES string of the molecule is [CH2]c1cc(C)c(Br)cc1F. The molecule has 0 bridgehead atoms. The van der Waals surface area contributed by atoms with Gasteiger partial charge in [0.15, 0.2) is 0 Å². The first-order valence-electron chi connectivity index (χ1n) is 2.89. The second kappa shape index (κ2) is 2.70. The fraction of sp³-hybridized carbons (Fsp3) is 0.125. The molecule has 0 atom stereocenters. The van der Waals surface area contributed by atoms with Gasteiger partial charge in [0.05, 0.1) is 0 Å². The van der Waals surface area contributed by atoms with E-state index in [0.717, 1.165) is 10.0 Å². The van der Waals surface area contributed by atoms with Crippen molar-refractivity contribution in [1.29, 1.82) is 0 Å². The molecular formula is C8H7BrF. The Morgan fingerprint density at radius 1 is 1.50 bits per heavy atom. The lowest BCUT2D eigenvalue weighted by Gasteiger charge is -1.99. The topological polar surface area (TPSA) is 0 Å². The summed E-state index contributed by atoms with van der Waals surface area (Å²) in [6, 6.07) is 3.14. The van der Waals surface area contributed by atoms with Crippen molar-refractivity contribution in [3.05, 3.63) is 40.5 Å². The molecule has 0 amide bonds. The van der Waals surface area contributed by atoms with Crippen molar-refractivity contribution in [1.82, 2.24) is 0 Å². The summed E-state index contributed by atoms with van der Waals surface area (Å²) in [6.07, 6.45) is 0. The molecule has 0 aliphatic carbocycles. The van der Waals surface area contributed by atoms with Gasteiger partial charge in [0.2, 0.25) is 0 Å². The molecule has 0 aliphatic heterocycles. The predicted molar refractivity (Wildman–Crippen MR) is 43.3 cm³/mol. The lowest BCUT2D eigenvalue weighted by atomic mass is 10.1. The summed E-state index contributed by atoms with van der Waals surface area (Å²) in [7, 11) is 0. The Bertz CT molecular complexity index is 205. The minimum Gasteiger partial charge on any atom is -0.207 e. The van der Waals surface area contributed by atoms with Gasteiger partial charge in [0.1, 0.15) is 5.82 Å². The standard InChI is InChI=1S/C8H7BrF/c1-5-3-6(2)8(10)4-7(5)9/h3-4H,2H2,1H3. The smallest absolute Gasteiger partial charge is 0.127 e. The van der Waals surface area contributed by atoms with Crippen LogP contribution in [0.3, 0.4) is 0 Å². The van der Waals surface area contributed by atoms with Crippen molar-refractivity contribution >= 4 is 15.9 Å². The Labute approximate surface area is 68.2 Å². The highest BCUT2D eigenvalue weighted by molar-refractivity contribution is 9.10. The van der Waals surface area contributed by atoms with Crippen LogP contribution >= 0.6 is 15.9 Å². The van der Waals surface area contributed by atoms with Crippen LogP contribution in [-0.4, -0.2) is 0 Å². The Kier molecular flexibility index (Phi) is 2.09. The maximum absolute atomic E-state index is 12.7. The number of aryl methyl sites for hydroxylation is 1. The lowest BCUT2D eigenvalue weighted by Crippen LogP contribution is -1.84. The normalized spacial score (nSPS) is 10.0. The number of hydrogen-bond acceptors (Lipinski definition) is 0. The third-order valence-corrected chi connectivity index (χ3v) is 2.18. The van der Waals surface area contributed by atoms with E-state index in [-0.39, 0.29) is 5.82 Å². The van der Waals surface area contributed by atoms with Crippen LogP contribution in [0.2, 0.25) is 0 Å². The molecular weight excluding hydrogens is 195 g/mol. The maximum Gasteiger partial charge on any atom is 0.127 e. The number of rotatable bonds is 0. The molecule has 0 saturated heterocycles. The first kappa shape index (κ1) is 7.73. The van der Waals surface area contributed by atoms with E-state index in [1.807, 2.05) is 6.92 Å². The lowest BCUT2D eigenvalue weighted by molar-refractivity contribution is 0.621. The van der Waals surface area contributed by atoms with Crippen LogP contribution in [0.25, 0.3) is 0 Å². The van der Waals surface area contributed by atoms with Gasteiger partial charge in [-0.3, -0.25) is 0 Å². The summed E-state index contributed by atoms with van der Waals surface area (Å²) in [6.45, 7) is 5.43. The molecule has 1 radical (unpaired) electrons. The van der Waals surface area contributed by atoms with Crippen LogP contribution in [0.5, 0.6) is 0 Å². The second-order valence-corrected chi connectivity index (χ2v) is 3.05. The van der Waals surface area contributed by atoms with Crippen molar-refractivity contribution in [3.8, 4) is 0 Å². The molecule has 0 saturated carbocycles. The number of benzene rings is 1. The molecule has 0 nitrogen and oxygen atoms in total. The van der Waals surface area contributed by atoms with Crippen LogP contribution in [0.15, 0.2) is 16.6 Å². The molecule has 0 aliphatic rings. The van der Waals surface area contributed by atoms with E-state index in [4.69, 9.17) is 0 Å². The molecule has 1 aromatic rings. The van der Waals surface area contributed by atoms with Gasteiger partial charge in [0, 0.05) is 4.47 Å². The Morgan fingerprint density at radius 3 is 2.60 bits per heavy atom. The summed E-state index contributed by atoms with van der Waals surface area (Å²) in [5.41, 5.74) is 1.45. The average Bonchev–Trinajstić information content (AvgIpc) is 1.84. The van der Waals surface area contributed by atoms with Gasteiger partial charge in [-0.15, -0.1) is 0 Å². The van der Waals surface area contributed by atoms with Crippen LogP contribution in [0.4, 0.5) is 4.39 Å². The van der Waals surface area contributed by atoms with Crippen LogP contribution < -0.4 is 0 Å². The minimum atomic E-state index is -0.266. The van der Waals surface area contributed by atoms with Gasteiger partial charge in [-0.05, 0) is 31.0 Å². The third kappa shape index (κ3) is 1.37. The number of hydrogen-bond donors (Lipinski definition) is 0. The van der Waals surface area contributed by atoms with Gasteiger partial charge in [-0.2, -0.15) is 0 Å². The van der Waals surface area contributed by atoms with E-state index in [1.165, 1.54) is 6.07 Å². The first-order valence-corrected chi connectivity index (χ1v) is 3.68. The summed E-state index contributed by atoms with van der Waals surface area (Å²) < 4.78 is 13.5. The zero-order valence-corrected chi connectivity index (χ0v) is 7.20. The molecule has 53 valence electrons. The predicted octanol–water partition coefficient (Wildman–Crippen LogP) is 3.08. The van der Waals surface area contributed by atoms with Gasteiger partial charge < -0.3 is 0 Å². The molecule has 0 heterocycles. The van der Waals surface area contributed by atoms with Crippen LogP contribution in [0, 0.1) is 19.7 Å². The molecule has 1 aromatic carbocycles. The van der Waals surface area contributed by atoms with E-state index in [2.05, 4.69) is 22.9 Å². The molecule has 1 rings (SSSR count). The molecule has 0 aromatic heterocycles. The van der Waals surface area contributed by atoms with E-state index in [1.54, 1.807) is 6.07 Å². The summed E-state index contributed by atoms with van der Waals surface area (Å²) in [5.74, 6) is -0.266. The molecule has 0 N–H and O–H groups in total. The maximum atomic E-state index is 12.7. The minimum absolute atomic E-state index is 0.266. The van der Waals surface area contributed by atoms with Crippen molar-refractivity contribution < 1.29 is 4.39 Å². The van der Waals surface area contributed by atoms with E-state index >= 15 is 0 Å². The second-order valence-electron chi connectivity index (χ2n) is 2.19. The average molecular weight is 202 g/mol. The van der Waals surface area contributed by atoms with Crippen molar-refractivity contribution in [3.63, 3.8) is 0 Å². The van der Waals surface area contributed by atoms with Gasteiger partial charge >= 0.3 is 0 Å².